The van der Waals surface area contributed by atoms with Gasteiger partial charge in [-0.05, 0) is 12.1 Å². The van der Waals surface area contributed by atoms with Crippen molar-refractivity contribution in [3.8, 4) is 5.75 Å². The lowest BCUT2D eigenvalue weighted by atomic mass is 9.97. The van der Waals surface area contributed by atoms with Gasteiger partial charge in [0.1, 0.15) is 17.1 Å². The number of hydrogen-bond donors (Lipinski definition) is 1. The molecule has 0 unspecified atom stereocenters. The molecule has 1 aromatic heterocycles. The average molecular weight is 294 g/mol. The topological polar surface area (TPSA) is 85.5 Å². The first-order chi connectivity index (χ1) is 9.77. The summed E-state index contributed by atoms with van der Waals surface area (Å²) in [6.07, 6.45) is 0. The fourth-order valence-corrected chi connectivity index (χ4v) is 1.55. The van der Waals surface area contributed by atoms with Crippen LogP contribution < -0.4 is 4.74 Å². The number of carboxylic acid groups (broad SMARTS) is 1. The Morgan fingerprint density at radius 3 is 2.67 bits per heavy atom. The van der Waals surface area contributed by atoms with Crippen molar-refractivity contribution in [1.29, 1.82) is 0 Å². The van der Waals surface area contributed by atoms with Crippen molar-refractivity contribution < 1.29 is 23.4 Å². The standard InChI is InChI=1S/C14H15FN2O4/c1-14(2,3)13-17-16-11(21-13)7-20-10-6-8(15)4-5-9(10)12(18)19/h4-6H,7H2,1-3H3,(H,18,19). The van der Waals surface area contributed by atoms with Crippen molar-refractivity contribution in [2.75, 3.05) is 0 Å². The molecular weight excluding hydrogens is 279 g/mol. The van der Waals surface area contributed by atoms with Crippen molar-refractivity contribution in [1.82, 2.24) is 10.2 Å². The van der Waals surface area contributed by atoms with Crippen LogP contribution >= 0.6 is 0 Å². The predicted molar refractivity (Wildman–Crippen MR) is 70.7 cm³/mol. The van der Waals surface area contributed by atoms with E-state index in [0.29, 0.717) is 5.89 Å². The minimum Gasteiger partial charge on any atom is -0.483 e. The number of nitrogens with zero attached hydrogens (tertiary/aromatic N) is 2. The summed E-state index contributed by atoms with van der Waals surface area (Å²) in [4.78, 5) is 11.0. The first-order valence-electron chi connectivity index (χ1n) is 6.26. The molecule has 1 N–H and O–H groups in total. The van der Waals surface area contributed by atoms with Gasteiger partial charge in [0.05, 0.1) is 0 Å². The second-order valence-corrected chi connectivity index (χ2v) is 5.49. The third kappa shape index (κ3) is 3.56. The van der Waals surface area contributed by atoms with E-state index in [1.54, 1.807) is 0 Å². The summed E-state index contributed by atoms with van der Waals surface area (Å²) in [6, 6.07) is 3.20. The monoisotopic (exact) mass is 294 g/mol. The van der Waals surface area contributed by atoms with E-state index in [1.807, 2.05) is 20.8 Å². The van der Waals surface area contributed by atoms with Crippen LogP contribution in [0.5, 0.6) is 5.75 Å². The van der Waals surface area contributed by atoms with E-state index in [1.165, 1.54) is 0 Å². The van der Waals surface area contributed by atoms with E-state index in [0.717, 1.165) is 18.2 Å². The van der Waals surface area contributed by atoms with Gasteiger partial charge >= 0.3 is 5.97 Å². The smallest absolute Gasteiger partial charge is 0.339 e. The van der Waals surface area contributed by atoms with Gasteiger partial charge in [-0.1, -0.05) is 20.8 Å². The first kappa shape index (κ1) is 15.0. The molecule has 0 bridgehead atoms. The third-order valence-corrected chi connectivity index (χ3v) is 2.63. The maximum absolute atomic E-state index is 13.2. The van der Waals surface area contributed by atoms with Gasteiger partial charge in [0, 0.05) is 11.5 Å². The summed E-state index contributed by atoms with van der Waals surface area (Å²) in [6.45, 7) is 5.62. The summed E-state index contributed by atoms with van der Waals surface area (Å²) >= 11 is 0. The molecule has 112 valence electrons. The number of aromatic nitrogens is 2. The number of benzene rings is 1. The predicted octanol–water partition coefficient (Wildman–Crippen LogP) is 2.78. The Kier molecular flexibility index (Phi) is 3.93. The molecule has 0 saturated carbocycles. The van der Waals surface area contributed by atoms with Crippen LogP contribution in [0.25, 0.3) is 0 Å². The van der Waals surface area contributed by atoms with Gasteiger partial charge in [-0.3, -0.25) is 0 Å². The number of carboxylic acids is 1. The zero-order valence-electron chi connectivity index (χ0n) is 11.9. The molecule has 7 heteroatoms. The molecule has 21 heavy (non-hydrogen) atoms. The second-order valence-electron chi connectivity index (χ2n) is 5.49. The van der Waals surface area contributed by atoms with Crippen molar-refractivity contribution >= 4 is 5.97 Å². The van der Waals surface area contributed by atoms with Crippen LogP contribution in [0.4, 0.5) is 4.39 Å². The van der Waals surface area contributed by atoms with Gasteiger partial charge in [0.25, 0.3) is 5.89 Å². The fraction of sp³-hybridized carbons (Fsp3) is 0.357. The highest BCUT2D eigenvalue weighted by Crippen LogP contribution is 2.23. The lowest BCUT2D eigenvalue weighted by Crippen LogP contribution is -2.11. The van der Waals surface area contributed by atoms with Crippen LogP contribution in [0, 0.1) is 5.82 Å². The molecule has 0 amide bonds. The van der Waals surface area contributed by atoms with Gasteiger partial charge in [0.2, 0.25) is 5.89 Å². The van der Waals surface area contributed by atoms with Gasteiger partial charge in [-0.25, -0.2) is 9.18 Å². The van der Waals surface area contributed by atoms with Crippen LogP contribution in [0.15, 0.2) is 22.6 Å². The van der Waals surface area contributed by atoms with Crippen molar-refractivity contribution in [3.63, 3.8) is 0 Å². The molecule has 6 nitrogen and oxygen atoms in total. The molecule has 0 aliphatic carbocycles. The molecular formula is C14H15FN2O4. The summed E-state index contributed by atoms with van der Waals surface area (Å²) in [7, 11) is 0. The molecule has 2 rings (SSSR count). The molecule has 0 aliphatic rings. The van der Waals surface area contributed by atoms with Crippen LogP contribution in [0.3, 0.4) is 0 Å². The fourth-order valence-electron chi connectivity index (χ4n) is 1.55. The van der Waals surface area contributed by atoms with Gasteiger partial charge in [-0.2, -0.15) is 0 Å². The van der Waals surface area contributed by atoms with Crippen LogP contribution in [0.2, 0.25) is 0 Å². The van der Waals surface area contributed by atoms with E-state index in [4.69, 9.17) is 14.3 Å². The maximum Gasteiger partial charge on any atom is 0.339 e. The number of hydrogen-bond acceptors (Lipinski definition) is 5. The Morgan fingerprint density at radius 1 is 1.38 bits per heavy atom. The number of ether oxygens (including phenoxy) is 1. The number of halogens is 1. The van der Waals surface area contributed by atoms with E-state index < -0.39 is 11.8 Å². The molecule has 1 aromatic carbocycles. The quantitative estimate of drug-likeness (QED) is 0.933. The normalized spacial score (nSPS) is 11.4. The Hall–Kier alpha value is -2.44. The highest BCUT2D eigenvalue weighted by atomic mass is 19.1. The summed E-state index contributed by atoms with van der Waals surface area (Å²) in [5.41, 5.74) is -0.428. The molecule has 0 spiro atoms. The SMILES string of the molecule is CC(C)(C)c1nnc(COc2cc(F)ccc2C(=O)O)o1. The van der Waals surface area contributed by atoms with E-state index in [-0.39, 0.29) is 29.2 Å². The molecule has 0 saturated heterocycles. The minimum atomic E-state index is -1.20. The Morgan fingerprint density at radius 2 is 2.10 bits per heavy atom. The maximum atomic E-state index is 13.2. The van der Waals surface area contributed by atoms with Crippen molar-refractivity contribution in [2.24, 2.45) is 0 Å². The zero-order chi connectivity index (χ0) is 15.6. The zero-order valence-corrected chi connectivity index (χ0v) is 11.9. The number of aromatic carboxylic acids is 1. The Bertz CT molecular complexity index is 661. The van der Waals surface area contributed by atoms with Crippen LogP contribution in [-0.2, 0) is 12.0 Å². The highest BCUT2D eigenvalue weighted by Gasteiger charge is 2.22. The van der Waals surface area contributed by atoms with E-state index in [9.17, 15) is 9.18 Å². The average Bonchev–Trinajstić information content (AvgIpc) is 2.84. The molecule has 0 fully saturated rings. The van der Waals surface area contributed by atoms with Crippen LogP contribution in [0.1, 0.15) is 42.9 Å². The Labute approximate surface area is 120 Å². The second kappa shape index (κ2) is 5.51. The minimum absolute atomic E-state index is 0.0852. The summed E-state index contributed by atoms with van der Waals surface area (Å²) in [5, 5.41) is 16.7. The van der Waals surface area contributed by atoms with Gasteiger partial charge < -0.3 is 14.3 Å². The van der Waals surface area contributed by atoms with Crippen molar-refractivity contribution in [3.05, 3.63) is 41.4 Å². The third-order valence-electron chi connectivity index (χ3n) is 2.63. The highest BCUT2D eigenvalue weighted by molar-refractivity contribution is 5.90. The molecule has 0 radical (unpaired) electrons. The van der Waals surface area contributed by atoms with E-state index >= 15 is 0 Å². The molecule has 2 aromatic rings. The van der Waals surface area contributed by atoms with Crippen LogP contribution in [-0.4, -0.2) is 21.3 Å². The van der Waals surface area contributed by atoms with Gasteiger partial charge in [-0.15, -0.1) is 10.2 Å². The summed E-state index contributed by atoms with van der Waals surface area (Å²) < 4.78 is 23.9. The lowest BCUT2D eigenvalue weighted by molar-refractivity contribution is 0.0691. The van der Waals surface area contributed by atoms with Crippen molar-refractivity contribution in [2.45, 2.75) is 32.8 Å². The number of carbonyl (C=O) groups is 1. The molecule has 0 aliphatic heterocycles. The molecule has 1 heterocycles. The largest absolute Gasteiger partial charge is 0.483 e. The summed E-state index contributed by atoms with van der Waals surface area (Å²) in [5.74, 6) is -1.24. The lowest BCUT2D eigenvalue weighted by Gasteiger charge is -2.11. The van der Waals surface area contributed by atoms with Gasteiger partial charge in [0.15, 0.2) is 6.61 Å². The molecule has 0 atom stereocenters. The number of rotatable bonds is 4. The van der Waals surface area contributed by atoms with E-state index in [2.05, 4.69) is 10.2 Å². The Balaban J connectivity index is 2.15. The first-order valence-corrected chi connectivity index (χ1v) is 6.26.